The highest BCUT2D eigenvalue weighted by molar-refractivity contribution is 6.07. The van der Waals surface area contributed by atoms with E-state index in [9.17, 15) is 9.18 Å². The van der Waals surface area contributed by atoms with Gasteiger partial charge in [-0.1, -0.05) is 0 Å². The molecule has 4 aromatic rings. The van der Waals surface area contributed by atoms with Gasteiger partial charge in [-0.25, -0.2) is 19.2 Å². The molecule has 0 saturated heterocycles. The van der Waals surface area contributed by atoms with Gasteiger partial charge in [0.25, 0.3) is 0 Å². The molecule has 0 aliphatic rings. The highest BCUT2D eigenvalue weighted by Crippen LogP contribution is 2.32. The molecular weight excluding hydrogens is 401 g/mol. The quantitative estimate of drug-likeness (QED) is 0.253. The number of nitrogens with zero attached hydrogens (tertiary/aromatic N) is 4. The van der Waals surface area contributed by atoms with E-state index in [1.807, 2.05) is 23.7 Å². The predicted octanol–water partition coefficient (Wildman–Crippen LogP) is 2.04. The molecular formula is C20H22FN9O. The minimum atomic E-state index is -0.735. The number of pyridine rings is 1. The number of fused-ring (bicyclic) bond motifs is 3. The summed E-state index contributed by atoms with van der Waals surface area (Å²) in [4.78, 5) is 27.2. The van der Waals surface area contributed by atoms with Crippen molar-refractivity contribution >= 4 is 39.9 Å². The Kier molecular flexibility index (Phi) is 5.15. The molecule has 0 spiro atoms. The standard InChI is InChI=1S/C20H22FN9O/c1-23-18-15-16(30(3)9-26-15)13-7-14(27-17(13)28-18)11-4-10(5-12(21)6-11)8-25-20(24-2)29-19(22)31/h4-7,9H,8H2,1-3H3,(H2,23,27,28)(H4,22,24,25,29,31). The number of nitrogens with one attached hydrogen (secondary N) is 4. The first kappa shape index (κ1) is 20.1. The number of aryl methyl sites for hydroxylation is 1. The second-order valence-corrected chi connectivity index (χ2v) is 6.97. The summed E-state index contributed by atoms with van der Waals surface area (Å²) in [7, 11) is 5.21. The van der Waals surface area contributed by atoms with Gasteiger partial charge >= 0.3 is 6.03 Å². The van der Waals surface area contributed by atoms with Crippen molar-refractivity contribution in [3.05, 3.63) is 42.0 Å². The monoisotopic (exact) mass is 423 g/mol. The van der Waals surface area contributed by atoms with Crippen LogP contribution < -0.4 is 21.7 Å². The maximum Gasteiger partial charge on any atom is 0.318 e. The van der Waals surface area contributed by atoms with E-state index in [1.165, 1.54) is 19.2 Å². The van der Waals surface area contributed by atoms with Crippen LogP contribution in [0.1, 0.15) is 5.56 Å². The molecule has 160 valence electrons. The molecule has 0 bridgehead atoms. The Morgan fingerprint density at radius 3 is 2.84 bits per heavy atom. The number of urea groups is 1. The van der Waals surface area contributed by atoms with Gasteiger partial charge in [0.1, 0.15) is 17.0 Å². The molecule has 6 N–H and O–H groups in total. The van der Waals surface area contributed by atoms with Gasteiger partial charge in [0.2, 0.25) is 0 Å². The number of benzene rings is 1. The normalized spacial score (nSPS) is 11.8. The number of anilines is 1. The average Bonchev–Trinajstić information content (AvgIpc) is 3.33. The summed E-state index contributed by atoms with van der Waals surface area (Å²) in [5, 5.41) is 9.24. The van der Waals surface area contributed by atoms with Gasteiger partial charge < -0.3 is 25.9 Å². The fraction of sp³-hybridized carbons (Fsp3) is 0.200. The van der Waals surface area contributed by atoms with Crippen molar-refractivity contribution < 1.29 is 9.18 Å². The summed E-state index contributed by atoms with van der Waals surface area (Å²) >= 11 is 0. The van der Waals surface area contributed by atoms with E-state index >= 15 is 0 Å². The van der Waals surface area contributed by atoms with Gasteiger partial charge in [0, 0.05) is 44.3 Å². The summed E-state index contributed by atoms with van der Waals surface area (Å²) in [6.45, 7) is 0.242. The van der Waals surface area contributed by atoms with Crippen LogP contribution in [0.2, 0.25) is 0 Å². The van der Waals surface area contributed by atoms with E-state index in [1.54, 1.807) is 13.4 Å². The number of nitrogens with two attached hydrogens (primary N) is 1. The lowest BCUT2D eigenvalue weighted by Gasteiger charge is -2.10. The third-order valence-corrected chi connectivity index (χ3v) is 4.87. The molecule has 4 rings (SSSR count). The number of amides is 2. The Bertz CT molecular complexity index is 1320. The first-order chi connectivity index (χ1) is 14.9. The fourth-order valence-electron chi connectivity index (χ4n) is 3.52. The minimum Gasteiger partial charge on any atom is -0.371 e. The zero-order chi connectivity index (χ0) is 22.1. The van der Waals surface area contributed by atoms with E-state index in [-0.39, 0.29) is 18.3 Å². The van der Waals surface area contributed by atoms with Gasteiger partial charge in [-0.15, -0.1) is 0 Å². The van der Waals surface area contributed by atoms with Crippen LogP contribution in [0.5, 0.6) is 0 Å². The second-order valence-electron chi connectivity index (χ2n) is 6.97. The van der Waals surface area contributed by atoms with Gasteiger partial charge in [-0.3, -0.25) is 10.3 Å². The van der Waals surface area contributed by atoms with Crippen LogP contribution in [0, 0.1) is 5.82 Å². The van der Waals surface area contributed by atoms with Crippen LogP contribution in [0.15, 0.2) is 35.6 Å². The van der Waals surface area contributed by atoms with Crippen molar-refractivity contribution in [3.8, 4) is 11.3 Å². The van der Waals surface area contributed by atoms with Gasteiger partial charge in [0.05, 0.1) is 11.8 Å². The maximum atomic E-state index is 14.4. The molecule has 0 radical (unpaired) electrons. The zero-order valence-electron chi connectivity index (χ0n) is 17.2. The molecule has 0 unspecified atom stereocenters. The SMILES string of the molecule is CN=C(NCc1cc(F)cc(-c2cc3c(nc(NC)c4ncn(C)c43)[nH]2)c1)NC(N)=O. The van der Waals surface area contributed by atoms with Gasteiger partial charge in [-0.2, -0.15) is 0 Å². The summed E-state index contributed by atoms with van der Waals surface area (Å²) in [5.41, 5.74) is 9.52. The second kappa shape index (κ2) is 7.94. The van der Waals surface area contributed by atoms with Gasteiger partial charge in [-0.05, 0) is 29.8 Å². The van der Waals surface area contributed by atoms with Crippen molar-refractivity contribution in [1.29, 1.82) is 0 Å². The summed E-state index contributed by atoms with van der Waals surface area (Å²) in [6, 6.07) is 5.90. The van der Waals surface area contributed by atoms with E-state index in [4.69, 9.17) is 5.73 Å². The van der Waals surface area contributed by atoms with Crippen LogP contribution >= 0.6 is 0 Å². The molecule has 3 heterocycles. The van der Waals surface area contributed by atoms with Crippen molar-refractivity contribution in [2.24, 2.45) is 17.8 Å². The molecule has 3 aromatic heterocycles. The minimum absolute atomic E-state index is 0.200. The smallest absolute Gasteiger partial charge is 0.318 e. The summed E-state index contributed by atoms with van der Waals surface area (Å²) < 4.78 is 16.3. The van der Waals surface area contributed by atoms with Gasteiger partial charge in [0.15, 0.2) is 11.8 Å². The molecule has 1 aromatic carbocycles. The lowest BCUT2D eigenvalue weighted by atomic mass is 10.1. The number of primary amides is 1. The average molecular weight is 423 g/mol. The summed E-state index contributed by atoms with van der Waals surface area (Å²) in [5.74, 6) is 0.473. The Morgan fingerprint density at radius 1 is 1.32 bits per heavy atom. The molecule has 0 fully saturated rings. The number of aromatic nitrogens is 4. The molecule has 10 nitrogen and oxygen atoms in total. The van der Waals surface area contributed by atoms with Crippen LogP contribution in [-0.4, -0.2) is 45.6 Å². The molecule has 2 amide bonds. The fourth-order valence-corrected chi connectivity index (χ4v) is 3.52. The zero-order valence-corrected chi connectivity index (χ0v) is 17.2. The van der Waals surface area contributed by atoms with Crippen LogP contribution in [0.4, 0.5) is 15.0 Å². The number of aliphatic imine (C=N–C) groups is 1. The number of carbonyl (C=O) groups excluding carboxylic acids is 1. The van der Waals surface area contributed by atoms with Crippen LogP contribution in [-0.2, 0) is 13.6 Å². The first-order valence-electron chi connectivity index (χ1n) is 9.48. The highest BCUT2D eigenvalue weighted by Gasteiger charge is 2.16. The number of carbonyl (C=O) groups is 1. The Balaban J connectivity index is 1.72. The topological polar surface area (TPSA) is 138 Å². The van der Waals surface area contributed by atoms with E-state index in [0.717, 1.165) is 22.1 Å². The lowest BCUT2D eigenvalue weighted by Crippen LogP contribution is -2.43. The molecule has 31 heavy (non-hydrogen) atoms. The van der Waals surface area contributed by atoms with Crippen molar-refractivity contribution in [3.63, 3.8) is 0 Å². The number of halogens is 1. The Labute approximate surface area is 176 Å². The lowest BCUT2D eigenvalue weighted by molar-refractivity contribution is 0.253. The predicted molar refractivity (Wildman–Crippen MR) is 118 cm³/mol. The van der Waals surface area contributed by atoms with Crippen LogP contribution in [0.25, 0.3) is 33.3 Å². The maximum absolute atomic E-state index is 14.4. The van der Waals surface area contributed by atoms with E-state index in [0.29, 0.717) is 22.6 Å². The van der Waals surface area contributed by atoms with E-state index < -0.39 is 6.03 Å². The number of hydrogen-bond acceptors (Lipinski definition) is 5. The van der Waals surface area contributed by atoms with Crippen molar-refractivity contribution in [1.82, 2.24) is 30.2 Å². The third kappa shape index (κ3) is 3.84. The molecule has 0 saturated carbocycles. The molecule has 11 heteroatoms. The van der Waals surface area contributed by atoms with Crippen molar-refractivity contribution in [2.75, 3.05) is 19.4 Å². The van der Waals surface area contributed by atoms with Crippen molar-refractivity contribution in [2.45, 2.75) is 6.54 Å². The Morgan fingerprint density at radius 2 is 2.13 bits per heavy atom. The van der Waals surface area contributed by atoms with E-state index in [2.05, 4.69) is 35.9 Å². The van der Waals surface area contributed by atoms with Crippen LogP contribution in [0.3, 0.4) is 0 Å². The number of hydrogen-bond donors (Lipinski definition) is 5. The number of H-pyrrole nitrogens is 1. The Hall–Kier alpha value is -4.15. The first-order valence-corrected chi connectivity index (χ1v) is 9.48. The molecule has 0 aliphatic carbocycles. The number of imidazole rings is 1. The molecule has 0 atom stereocenters. The summed E-state index contributed by atoms with van der Waals surface area (Å²) in [6.07, 6.45) is 1.73. The number of aromatic amines is 1. The molecule has 0 aliphatic heterocycles. The number of guanidine groups is 1. The largest absolute Gasteiger partial charge is 0.371 e. The number of rotatable bonds is 4. The third-order valence-electron chi connectivity index (χ3n) is 4.87. The highest BCUT2D eigenvalue weighted by atomic mass is 19.1.